The summed E-state index contributed by atoms with van der Waals surface area (Å²) in [6.45, 7) is 5.05. The fraction of sp³-hybridized carbons (Fsp3) is 0.333. The summed E-state index contributed by atoms with van der Waals surface area (Å²) in [5.74, 6) is 1.78. The van der Waals surface area contributed by atoms with Crippen LogP contribution in [0.25, 0.3) is 0 Å². The summed E-state index contributed by atoms with van der Waals surface area (Å²) in [5, 5.41) is 3.26. The zero-order valence-corrected chi connectivity index (χ0v) is 12.9. The number of hydrogen-bond acceptors (Lipinski definition) is 3. The number of halogens is 1. The van der Waals surface area contributed by atoms with Crippen LogP contribution in [0.15, 0.2) is 34.8 Å². The van der Waals surface area contributed by atoms with Gasteiger partial charge in [-0.3, -0.25) is 0 Å². The SMILES string of the molecule is CCNc1cc(CC)nc(Cc2cccc(Br)c2)n1. The van der Waals surface area contributed by atoms with Gasteiger partial charge in [0.05, 0.1) is 0 Å². The highest BCUT2D eigenvalue weighted by Crippen LogP contribution is 2.15. The molecular formula is C15H18BrN3. The molecule has 3 nitrogen and oxygen atoms in total. The van der Waals surface area contributed by atoms with Crippen LogP contribution in [-0.2, 0) is 12.8 Å². The lowest BCUT2D eigenvalue weighted by Crippen LogP contribution is -2.06. The van der Waals surface area contributed by atoms with E-state index in [2.05, 4.69) is 57.2 Å². The Morgan fingerprint density at radius 2 is 2.00 bits per heavy atom. The number of nitrogens with zero attached hydrogens (tertiary/aromatic N) is 2. The number of benzene rings is 1. The maximum absolute atomic E-state index is 4.59. The Bertz CT molecular complexity index is 555. The summed E-state index contributed by atoms with van der Waals surface area (Å²) in [6, 6.07) is 10.3. The van der Waals surface area contributed by atoms with Crippen LogP contribution < -0.4 is 5.32 Å². The third kappa shape index (κ3) is 4.03. The van der Waals surface area contributed by atoms with Gasteiger partial charge in [0.1, 0.15) is 11.6 Å². The predicted molar refractivity (Wildman–Crippen MR) is 82.5 cm³/mol. The van der Waals surface area contributed by atoms with Gasteiger partial charge in [0, 0.05) is 29.2 Å². The lowest BCUT2D eigenvalue weighted by Gasteiger charge is -2.08. The van der Waals surface area contributed by atoms with Gasteiger partial charge in [0.2, 0.25) is 0 Å². The largest absolute Gasteiger partial charge is 0.370 e. The molecule has 0 amide bonds. The Morgan fingerprint density at radius 3 is 2.68 bits per heavy atom. The fourth-order valence-corrected chi connectivity index (χ4v) is 2.36. The first-order valence-electron chi connectivity index (χ1n) is 6.56. The highest BCUT2D eigenvalue weighted by molar-refractivity contribution is 9.10. The molecule has 0 fully saturated rings. The Labute approximate surface area is 122 Å². The van der Waals surface area contributed by atoms with Crippen molar-refractivity contribution in [1.29, 1.82) is 0 Å². The van der Waals surface area contributed by atoms with Crippen LogP contribution in [0.1, 0.15) is 30.9 Å². The summed E-state index contributed by atoms with van der Waals surface area (Å²) >= 11 is 3.49. The maximum atomic E-state index is 4.59. The van der Waals surface area contributed by atoms with E-state index in [1.807, 2.05) is 18.2 Å². The minimum absolute atomic E-state index is 0.756. The number of anilines is 1. The highest BCUT2D eigenvalue weighted by Gasteiger charge is 2.05. The zero-order valence-electron chi connectivity index (χ0n) is 11.3. The van der Waals surface area contributed by atoms with Gasteiger partial charge >= 0.3 is 0 Å². The summed E-state index contributed by atoms with van der Waals surface area (Å²) in [7, 11) is 0. The minimum Gasteiger partial charge on any atom is -0.370 e. The molecule has 0 saturated carbocycles. The van der Waals surface area contributed by atoms with Crippen molar-refractivity contribution in [2.45, 2.75) is 26.7 Å². The van der Waals surface area contributed by atoms with Crippen molar-refractivity contribution in [2.75, 3.05) is 11.9 Å². The molecule has 0 unspecified atom stereocenters. The molecule has 0 aliphatic rings. The second-order valence-corrected chi connectivity index (χ2v) is 5.27. The smallest absolute Gasteiger partial charge is 0.135 e. The fourth-order valence-electron chi connectivity index (χ4n) is 1.91. The van der Waals surface area contributed by atoms with Gasteiger partial charge in [-0.25, -0.2) is 9.97 Å². The molecule has 0 bridgehead atoms. The average Bonchev–Trinajstić information content (AvgIpc) is 2.39. The molecule has 0 radical (unpaired) electrons. The van der Waals surface area contributed by atoms with E-state index in [1.54, 1.807) is 0 Å². The first-order chi connectivity index (χ1) is 9.21. The lowest BCUT2D eigenvalue weighted by molar-refractivity contribution is 0.903. The predicted octanol–water partition coefficient (Wildman–Crippen LogP) is 3.82. The van der Waals surface area contributed by atoms with E-state index < -0.39 is 0 Å². The number of nitrogens with one attached hydrogen (secondary N) is 1. The Kier molecular flexibility index (Phi) is 4.91. The summed E-state index contributed by atoms with van der Waals surface area (Å²) in [6.07, 6.45) is 1.68. The van der Waals surface area contributed by atoms with E-state index in [9.17, 15) is 0 Å². The van der Waals surface area contributed by atoms with E-state index in [4.69, 9.17) is 0 Å². The van der Waals surface area contributed by atoms with Gasteiger partial charge in [0.15, 0.2) is 0 Å². The normalized spacial score (nSPS) is 10.5. The van der Waals surface area contributed by atoms with Gasteiger partial charge in [-0.05, 0) is 31.0 Å². The third-order valence-corrected chi connectivity index (χ3v) is 3.29. The highest BCUT2D eigenvalue weighted by atomic mass is 79.9. The zero-order chi connectivity index (χ0) is 13.7. The lowest BCUT2D eigenvalue weighted by atomic mass is 10.1. The van der Waals surface area contributed by atoms with Crippen LogP contribution in [-0.4, -0.2) is 16.5 Å². The topological polar surface area (TPSA) is 37.8 Å². The number of hydrogen-bond donors (Lipinski definition) is 1. The van der Waals surface area contributed by atoms with Gasteiger partial charge in [-0.1, -0.05) is 35.0 Å². The molecule has 2 rings (SSSR count). The molecule has 0 atom stereocenters. The van der Waals surface area contributed by atoms with Crippen molar-refractivity contribution in [1.82, 2.24) is 9.97 Å². The molecule has 100 valence electrons. The molecule has 1 aromatic carbocycles. The first-order valence-corrected chi connectivity index (χ1v) is 7.35. The Hall–Kier alpha value is -1.42. The van der Waals surface area contributed by atoms with E-state index >= 15 is 0 Å². The number of aryl methyl sites for hydroxylation is 1. The van der Waals surface area contributed by atoms with Crippen molar-refractivity contribution in [2.24, 2.45) is 0 Å². The molecule has 2 aromatic rings. The molecule has 1 heterocycles. The molecule has 19 heavy (non-hydrogen) atoms. The van der Waals surface area contributed by atoms with Crippen LogP contribution in [0.2, 0.25) is 0 Å². The van der Waals surface area contributed by atoms with Crippen molar-refractivity contribution in [3.05, 3.63) is 51.9 Å². The quantitative estimate of drug-likeness (QED) is 0.910. The molecular weight excluding hydrogens is 302 g/mol. The van der Waals surface area contributed by atoms with Crippen LogP contribution >= 0.6 is 15.9 Å². The van der Waals surface area contributed by atoms with Gasteiger partial charge < -0.3 is 5.32 Å². The minimum atomic E-state index is 0.756. The van der Waals surface area contributed by atoms with Crippen LogP contribution in [0.4, 0.5) is 5.82 Å². The number of aromatic nitrogens is 2. The van der Waals surface area contributed by atoms with Crippen LogP contribution in [0, 0.1) is 0 Å². The maximum Gasteiger partial charge on any atom is 0.135 e. The third-order valence-electron chi connectivity index (χ3n) is 2.80. The molecule has 1 aromatic heterocycles. The van der Waals surface area contributed by atoms with E-state index in [0.29, 0.717) is 0 Å². The summed E-state index contributed by atoms with van der Waals surface area (Å²) < 4.78 is 1.09. The van der Waals surface area contributed by atoms with Gasteiger partial charge in [-0.15, -0.1) is 0 Å². The summed E-state index contributed by atoms with van der Waals surface area (Å²) in [4.78, 5) is 9.15. The molecule has 0 aliphatic heterocycles. The van der Waals surface area contributed by atoms with Gasteiger partial charge in [0.25, 0.3) is 0 Å². The number of rotatable bonds is 5. The molecule has 0 saturated heterocycles. The van der Waals surface area contributed by atoms with Gasteiger partial charge in [-0.2, -0.15) is 0 Å². The Morgan fingerprint density at radius 1 is 1.16 bits per heavy atom. The van der Waals surface area contributed by atoms with E-state index in [-0.39, 0.29) is 0 Å². The van der Waals surface area contributed by atoms with E-state index in [1.165, 1.54) is 5.56 Å². The standard InChI is InChI=1S/C15H18BrN3/c1-3-13-10-14(17-4-2)19-15(18-13)9-11-6-5-7-12(16)8-11/h5-8,10H,3-4,9H2,1-2H3,(H,17,18,19). The monoisotopic (exact) mass is 319 g/mol. The molecule has 0 aliphatic carbocycles. The molecule has 1 N–H and O–H groups in total. The van der Waals surface area contributed by atoms with Crippen molar-refractivity contribution < 1.29 is 0 Å². The second kappa shape index (κ2) is 6.66. The first kappa shape index (κ1) is 14.0. The van der Waals surface area contributed by atoms with E-state index in [0.717, 1.165) is 41.2 Å². The van der Waals surface area contributed by atoms with Crippen LogP contribution in [0.3, 0.4) is 0 Å². The van der Waals surface area contributed by atoms with Crippen molar-refractivity contribution >= 4 is 21.7 Å². The van der Waals surface area contributed by atoms with Crippen molar-refractivity contribution in [3.63, 3.8) is 0 Å². The molecule has 4 heteroatoms. The van der Waals surface area contributed by atoms with Crippen molar-refractivity contribution in [3.8, 4) is 0 Å². The average molecular weight is 320 g/mol. The second-order valence-electron chi connectivity index (χ2n) is 4.35. The van der Waals surface area contributed by atoms with Crippen LogP contribution in [0.5, 0.6) is 0 Å². The summed E-state index contributed by atoms with van der Waals surface area (Å²) in [5.41, 5.74) is 2.29. The molecule has 0 spiro atoms. The Balaban J connectivity index is 2.26.